The van der Waals surface area contributed by atoms with E-state index < -0.39 is 0 Å². The van der Waals surface area contributed by atoms with Crippen LogP contribution in [0.15, 0.2) is 54.9 Å². The van der Waals surface area contributed by atoms with Gasteiger partial charge in [0.1, 0.15) is 12.4 Å². The number of likely N-dealkylation sites (N-methyl/N-ethyl adjacent to an activating group) is 1. The molecule has 0 saturated carbocycles. The van der Waals surface area contributed by atoms with Crippen molar-refractivity contribution in [1.29, 1.82) is 0 Å². The highest BCUT2D eigenvalue weighted by molar-refractivity contribution is 5.93. The molecular weight excluding hydrogens is 404 g/mol. The number of aromatic amines is 1. The van der Waals surface area contributed by atoms with Crippen LogP contribution in [0.2, 0.25) is 0 Å². The monoisotopic (exact) mass is 428 g/mol. The van der Waals surface area contributed by atoms with E-state index in [2.05, 4.69) is 45.2 Å². The van der Waals surface area contributed by atoms with E-state index in [0.29, 0.717) is 12.4 Å². The standard InChI is InChI=1S/C24H24N6O2/c1-29-8-10-30(11-9-29)24-18-12-16(17-13-25-26-14-17)6-7-19(18)27-23(28-24)22-15-31-20-4-2-3-5-21(20)32-22/h2-7,12-14,22H,8-11,15H2,1H3,(H,25,26). The van der Waals surface area contributed by atoms with Gasteiger partial charge in [-0.25, -0.2) is 9.97 Å². The Morgan fingerprint density at radius 3 is 2.62 bits per heavy atom. The maximum absolute atomic E-state index is 6.22. The van der Waals surface area contributed by atoms with Gasteiger partial charge in [0.15, 0.2) is 23.4 Å². The predicted molar refractivity (Wildman–Crippen MR) is 122 cm³/mol. The summed E-state index contributed by atoms with van der Waals surface area (Å²) < 4.78 is 12.2. The van der Waals surface area contributed by atoms with Crippen LogP contribution in [0.25, 0.3) is 22.0 Å². The van der Waals surface area contributed by atoms with Gasteiger partial charge in [0.25, 0.3) is 0 Å². The van der Waals surface area contributed by atoms with Gasteiger partial charge in [0.2, 0.25) is 0 Å². The second-order valence-corrected chi connectivity index (χ2v) is 8.28. The van der Waals surface area contributed by atoms with Crippen LogP contribution >= 0.6 is 0 Å². The van der Waals surface area contributed by atoms with E-state index in [1.807, 2.05) is 36.7 Å². The van der Waals surface area contributed by atoms with Crippen LogP contribution in [0, 0.1) is 0 Å². The predicted octanol–water partition coefficient (Wildman–Crippen LogP) is 3.28. The van der Waals surface area contributed by atoms with Crippen LogP contribution in [0.5, 0.6) is 11.5 Å². The zero-order chi connectivity index (χ0) is 21.5. The van der Waals surface area contributed by atoms with Crippen LogP contribution in [-0.2, 0) is 0 Å². The molecule has 0 spiro atoms. The maximum Gasteiger partial charge on any atom is 0.192 e. The van der Waals surface area contributed by atoms with Crippen LogP contribution < -0.4 is 14.4 Å². The zero-order valence-electron chi connectivity index (χ0n) is 17.9. The molecule has 6 rings (SSSR count). The van der Waals surface area contributed by atoms with Gasteiger partial charge in [-0.2, -0.15) is 5.10 Å². The molecule has 1 fully saturated rings. The Kier molecular flexibility index (Phi) is 4.65. The van der Waals surface area contributed by atoms with Gasteiger partial charge in [0.05, 0.1) is 11.7 Å². The largest absolute Gasteiger partial charge is 0.485 e. The summed E-state index contributed by atoms with van der Waals surface area (Å²) in [5.41, 5.74) is 3.03. The molecule has 2 aromatic heterocycles. The highest BCUT2D eigenvalue weighted by Gasteiger charge is 2.27. The average molecular weight is 428 g/mol. The second kappa shape index (κ2) is 7.80. The lowest BCUT2D eigenvalue weighted by atomic mass is 10.1. The Morgan fingerprint density at radius 1 is 0.969 bits per heavy atom. The molecule has 32 heavy (non-hydrogen) atoms. The summed E-state index contributed by atoms with van der Waals surface area (Å²) in [5, 5.41) is 8.02. The molecule has 0 amide bonds. The number of para-hydroxylation sites is 2. The first-order chi connectivity index (χ1) is 15.7. The van der Waals surface area contributed by atoms with Crippen LogP contribution in [0.1, 0.15) is 11.9 Å². The SMILES string of the molecule is CN1CCN(c2nc(C3COc4ccccc4O3)nc3ccc(-c4cn[nH]c4)cc23)CC1. The minimum atomic E-state index is -0.353. The van der Waals surface area contributed by atoms with E-state index in [1.165, 1.54) is 0 Å². The van der Waals surface area contributed by atoms with E-state index in [-0.39, 0.29) is 6.10 Å². The molecule has 4 heterocycles. The molecule has 2 aliphatic heterocycles. The molecule has 1 unspecified atom stereocenters. The molecule has 1 saturated heterocycles. The van der Waals surface area contributed by atoms with Crippen LogP contribution in [-0.4, -0.2) is 64.9 Å². The number of nitrogens with one attached hydrogen (secondary N) is 1. The van der Waals surface area contributed by atoms with E-state index in [0.717, 1.165) is 65.5 Å². The average Bonchev–Trinajstić information content (AvgIpc) is 3.38. The molecule has 2 aliphatic rings. The molecule has 2 aromatic carbocycles. The Labute approximate surface area is 185 Å². The fraction of sp³-hybridized carbons (Fsp3) is 0.292. The molecule has 4 aromatic rings. The van der Waals surface area contributed by atoms with Crippen molar-refractivity contribution in [2.45, 2.75) is 6.10 Å². The molecule has 162 valence electrons. The topological polar surface area (TPSA) is 79.4 Å². The summed E-state index contributed by atoms with van der Waals surface area (Å²) in [6.45, 7) is 4.22. The number of hydrogen-bond acceptors (Lipinski definition) is 7. The number of fused-ring (bicyclic) bond motifs is 2. The third kappa shape index (κ3) is 3.42. The summed E-state index contributed by atoms with van der Waals surface area (Å²) in [6, 6.07) is 14.0. The van der Waals surface area contributed by atoms with Gasteiger partial charge in [0, 0.05) is 43.3 Å². The van der Waals surface area contributed by atoms with E-state index >= 15 is 0 Å². The van der Waals surface area contributed by atoms with E-state index in [4.69, 9.17) is 19.4 Å². The van der Waals surface area contributed by atoms with Crippen molar-refractivity contribution in [1.82, 2.24) is 25.1 Å². The van der Waals surface area contributed by atoms with Crippen molar-refractivity contribution < 1.29 is 9.47 Å². The Morgan fingerprint density at radius 2 is 1.81 bits per heavy atom. The fourth-order valence-corrected chi connectivity index (χ4v) is 4.27. The van der Waals surface area contributed by atoms with Gasteiger partial charge in [-0.05, 0) is 36.9 Å². The summed E-state index contributed by atoms with van der Waals surface area (Å²) >= 11 is 0. The van der Waals surface area contributed by atoms with Crippen LogP contribution in [0.3, 0.4) is 0 Å². The Balaban J connectivity index is 1.44. The number of nitrogens with zero attached hydrogens (tertiary/aromatic N) is 5. The minimum Gasteiger partial charge on any atom is -0.485 e. The van der Waals surface area contributed by atoms with E-state index in [9.17, 15) is 0 Å². The number of benzene rings is 2. The molecule has 1 atom stereocenters. The molecule has 0 bridgehead atoms. The summed E-state index contributed by atoms with van der Waals surface area (Å²) in [5.74, 6) is 3.08. The Hall–Kier alpha value is -3.65. The van der Waals surface area contributed by atoms with Crippen molar-refractivity contribution in [3.63, 3.8) is 0 Å². The number of piperazine rings is 1. The quantitative estimate of drug-likeness (QED) is 0.536. The first-order valence-corrected chi connectivity index (χ1v) is 10.9. The Bertz CT molecular complexity index is 1250. The molecule has 8 nitrogen and oxygen atoms in total. The first-order valence-electron chi connectivity index (χ1n) is 10.9. The molecule has 8 heteroatoms. The second-order valence-electron chi connectivity index (χ2n) is 8.28. The van der Waals surface area contributed by atoms with Gasteiger partial charge >= 0.3 is 0 Å². The third-order valence-electron chi connectivity index (χ3n) is 6.12. The normalized spacial score (nSPS) is 18.8. The van der Waals surface area contributed by atoms with Crippen molar-refractivity contribution >= 4 is 16.7 Å². The molecule has 1 N–H and O–H groups in total. The highest BCUT2D eigenvalue weighted by atomic mass is 16.6. The maximum atomic E-state index is 6.22. The number of aromatic nitrogens is 4. The molecule has 0 aliphatic carbocycles. The van der Waals surface area contributed by atoms with Crippen molar-refractivity contribution in [2.75, 3.05) is 44.7 Å². The van der Waals surface area contributed by atoms with Crippen molar-refractivity contribution in [3.05, 3.63) is 60.7 Å². The lowest BCUT2D eigenvalue weighted by Gasteiger charge is -2.34. The number of H-pyrrole nitrogens is 1. The third-order valence-corrected chi connectivity index (χ3v) is 6.12. The zero-order valence-corrected chi connectivity index (χ0v) is 17.9. The minimum absolute atomic E-state index is 0.353. The smallest absolute Gasteiger partial charge is 0.192 e. The van der Waals surface area contributed by atoms with Crippen LogP contribution in [0.4, 0.5) is 5.82 Å². The fourth-order valence-electron chi connectivity index (χ4n) is 4.27. The summed E-state index contributed by atoms with van der Waals surface area (Å²) in [7, 11) is 2.16. The highest BCUT2D eigenvalue weighted by Crippen LogP contribution is 2.37. The van der Waals surface area contributed by atoms with Crippen molar-refractivity contribution in [2.24, 2.45) is 0 Å². The van der Waals surface area contributed by atoms with Gasteiger partial charge in [-0.15, -0.1) is 0 Å². The lowest BCUT2D eigenvalue weighted by molar-refractivity contribution is 0.0853. The molecule has 0 radical (unpaired) electrons. The van der Waals surface area contributed by atoms with Gasteiger partial charge in [-0.1, -0.05) is 18.2 Å². The number of ether oxygens (including phenoxy) is 2. The van der Waals surface area contributed by atoms with Gasteiger partial charge < -0.3 is 19.3 Å². The lowest BCUT2D eigenvalue weighted by Crippen LogP contribution is -2.45. The first kappa shape index (κ1) is 19.1. The summed E-state index contributed by atoms with van der Waals surface area (Å²) in [6.07, 6.45) is 3.38. The number of rotatable bonds is 3. The molecular formula is C24H24N6O2. The van der Waals surface area contributed by atoms with Gasteiger partial charge in [-0.3, -0.25) is 5.10 Å². The van der Waals surface area contributed by atoms with Crippen molar-refractivity contribution in [3.8, 4) is 22.6 Å². The van der Waals surface area contributed by atoms with E-state index in [1.54, 1.807) is 0 Å². The summed E-state index contributed by atoms with van der Waals surface area (Å²) in [4.78, 5) is 14.6. The number of hydrogen-bond donors (Lipinski definition) is 1. The number of anilines is 1.